The first kappa shape index (κ1) is 12.8. The maximum absolute atomic E-state index is 14.2. The standard InChI is InChI=1S/C14H12F2N2O2/c1-7-5-6-9(15)13(11(7)16)18-10-4-2-3-8(10)12(17-18)14(19)20/h5-6H,2-4H2,1H3,(H,19,20). The molecule has 0 spiro atoms. The number of hydrogen-bond acceptors (Lipinski definition) is 2. The van der Waals surface area contributed by atoms with Crippen molar-refractivity contribution in [3.63, 3.8) is 0 Å². The van der Waals surface area contributed by atoms with Gasteiger partial charge in [0.15, 0.2) is 17.3 Å². The van der Waals surface area contributed by atoms with Crippen LogP contribution in [0.2, 0.25) is 0 Å². The number of benzene rings is 1. The van der Waals surface area contributed by atoms with E-state index >= 15 is 0 Å². The number of aromatic carboxylic acids is 1. The highest BCUT2D eigenvalue weighted by molar-refractivity contribution is 5.87. The van der Waals surface area contributed by atoms with Crippen LogP contribution in [0.4, 0.5) is 8.78 Å². The number of nitrogens with zero attached hydrogens (tertiary/aromatic N) is 2. The minimum atomic E-state index is -1.17. The van der Waals surface area contributed by atoms with Crippen molar-refractivity contribution < 1.29 is 18.7 Å². The average Bonchev–Trinajstić information content (AvgIpc) is 2.97. The topological polar surface area (TPSA) is 55.1 Å². The molecule has 0 aliphatic heterocycles. The molecule has 0 amide bonds. The predicted octanol–water partition coefficient (Wildman–Crippen LogP) is 2.65. The first-order valence-corrected chi connectivity index (χ1v) is 6.29. The molecule has 0 bridgehead atoms. The molecule has 0 radical (unpaired) electrons. The van der Waals surface area contributed by atoms with Crippen LogP contribution in [-0.2, 0) is 12.8 Å². The molecule has 1 heterocycles. The van der Waals surface area contributed by atoms with Crippen molar-refractivity contribution in [3.05, 3.63) is 46.3 Å². The fraction of sp³-hybridized carbons (Fsp3) is 0.286. The molecule has 1 aliphatic rings. The van der Waals surface area contributed by atoms with Crippen LogP contribution in [0.1, 0.15) is 33.7 Å². The van der Waals surface area contributed by atoms with Gasteiger partial charge >= 0.3 is 5.97 Å². The molecule has 6 heteroatoms. The molecule has 1 aromatic heterocycles. The first-order chi connectivity index (χ1) is 9.50. The minimum Gasteiger partial charge on any atom is -0.476 e. The summed E-state index contributed by atoms with van der Waals surface area (Å²) in [7, 11) is 0. The summed E-state index contributed by atoms with van der Waals surface area (Å²) in [5, 5.41) is 13.0. The summed E-state index contributed by atoms with van der Waals surface area (Å²) in [6.45, 7) is 1.53. The van der Waals surface area contributed by atoms with Gasteiger partial charge in [0.1, 0.15) is 5.69 Å². The van der Waals surface area contributed by atoms with Gasteiger partial charge in [-0.15, -0.1) is 0 Å². The van der Waals surface area contributed by atoms with Crippen molar-refractivity contribution in [3.8, 4) is 5.69 Å². The summed E-state index contributed by atoms with van der Waals surface area (Å²) in [4.78, 5) is 11.2. The predicted molar refractivity (Wildman–Crippen MR) is 67.2 cm³/mol. The lowest BCUT2D eigenvalue weighted by molar-refractivity contribution is 0.0688. The van der Waals surface area contributed by atoms with Gasteiger partial charge in [-0.2, -0.15) is 5.10 Å². The molecule has 0 unspecified atom stereocenters. The largest absolute Gasteiger partial charge is 0.476 e. The number of rotatable bonds is 2. The summed E-state index contributed by atoms with van der Waals surface area (Å²) < 4.78 is 29.2. The van der Waals surface area contributed by atoms with Crippen LogP contribution in [0.5, 0.6) is 0 Å². The Morgan fingerprint density at radius 1 is 1.35 bits per heavy atom. The van der Waals surface area contributed by atoms with E-state index in [4.69, 9.17) is 5.11 Å². The fourth-order valence-corrected chi connectivity index (χ4v) is 2.63. The fourth-order valence-electron chi connectivity index (χ4n) is 2.63. The number of aryl methyl sites for hydroxylation is 1. The van der Waals surface area contributed by atoms with Gasteiger partial charge in [-0.3, -0.25) is 0 Å². The number of carbonyl (C=O) groups is 1. The lowest BCUT2D eigenvalue weighted by Crippen LogP contribution is -2.09. The molecule has 104 valence electrons. The molecule has 3 rings (SSSR count). The van der Waals surface area contributed by atoms with Crippen LogP contribution in [0, 0.1) is 18.6 Å². The monoisotopic (exact) mass is 278 g/mol. The number of carboxylic acids is 1. The first-order valence-electron chi connectivity index (χ1n) is 6.29. The Hall–Kier alpha value is -2.24. The minimum absolute atomic E-state index is 0.113. The zero-order valence-electron chi connectivity index (χ0n) is 10.8. The van der Waals surface area contributed by atoms with Crippen molar-refractivity contribution in [2.45, 2.75) is 26.2 Å². The lowest BCUT2D eigenvalue weighted by Gasteiger charge is -2.09. The highest BCUT2D eigenvalue weighted by Gasteiger charge is 2.29. The van der Waals surface area contributed by atoms with Gasteiger partial charge in [0.2, 0.25) is 0 Å². The zero-order chi connectivity index (χ0) is 14.4. The molecular weight excluding hydrogens is 266 g/mol. The Morgan fingerprint density at radius 3 is 2.80 bits per heavy atom. The van der Waals surface area contributed by atoms with E-state index < -0.39 is 17.6 Å². The van der Waals surface area contributed by atoms with Crippen molar-refractivity contribution in [1.29, 1.82) is 0 Å². The normalized spacial score (nSPS) is 13.6. The van der Waals surface area contributed by atoms with E-state index in [0.717, 1.165) is 17.2 Å². The highest BCUT2D eigenvalue weighted by atomic mass is 19.1. The SMILES string of the molecule is Cc1ccc(F)c(-n2nc(C(=O)O)c3c2CCC3)c1F. The molecule has 0 fully saturated rings. The Bertz CT molecular complexity index is 722. The van der Waals surface area contributed by atoms with Crippen molar-refractivity contribution in [2.75, 3.05) is 0 Å². The summed E-state index contributed by atoms with van der Waals surface area (Å²) in [5.41, 5.74) is 1.05. The van der Waals surface area contributed by atoms with Crippen LogP contribution in [0.25, 0.3) is 5.69 Å². The molecule has 0 atom stereocenters. The molecule has 20 heavy (non-hydrogen) atoms. The molecule has 0 saturated heterocycles. The van der Waals surface area contributed by atoms with Crippen molar-refractivity contribution in [2.24, 2.45) is 0 Å². The van der Waals surface area contributed by atoms with Crippen LogP contribution in [0.3, 0.4) is 0 Å². The molecule has 4 nitrogen and oxygen atoms in total. The second-order valence-corrected chi connectivity index (χ2v) is 4.87. The lowest BCUT2D eigenvalue weighted by atomic mass is 10.2. The van der Waals surface area contributed by atoms with E-state index in [0.29, 0.717) is 29.7 Å². The van der Waals surface area contributed by atoms with Gasteiger partial charge < -0.3 is 5.11 Å². The molecule has 1 aliphatic carbocycles. The summed E-state index contributed by atoms with van der Waals surface area (Å²) in [6, 6.07) is 2.51. The molecule has 2 aromatic rings. The summed E-state index contributed by atoms with van der Waals surface area (Å²) >= 11 is 0. The smallest absolute Gasteiger partial charge is 0.356 e. The maximum Gasteiger partial charge on any atom is 0.356 e. The van der Waals surface area contributed by atoms with E-state index in [1.807, 2.05) is 0 Å². The van der Waals surface area contributed by atoms with Crippen LogP contribution >= 0.6 is 0 Å². The summed E-state index contributed by atoms with van der Waals surface area (Å²) in [5.74, 6) is -2.63. The highest BCUT2D eigenvalue weighted by Crippen LogP contribution is 2.30. The number of fused-ring (bicyclic) bond motifs is 1. The molecular formula is C14H12F2N2O2. The van der Waals surface area contributed by atoms with E-state index in [2.05, 4.69) is 5.10 Å². The number of aromatic nitrogens is 2. The average molecular weight is 278 g/mol. The number of carboxylic acid groups (broad SMARTS) is 1. The third-order valence-corrected chi connectivity index (χ3v) is 3.60. The van der Waals surface area contributed by atoms with E-state index in [1.54, 1.807) is 0 Å². The Morgan fingerprint density at radius 2 is 2.10 bits per heavy atom. The van der Waals surface area contributed by atoms with Crippen molar-refractivity contribution >= 4 is 5.97 Å². The summed E-state index contributed by atoms with van der Waals surface area (Å²) in [6.07, 6.45) is 1.91. The van der Waals surface area contributed by atoms with Gasteiger partial charge in [0, 0.05) is 11.3 Å². The van der Waals surface area contributed by atoms with Gasteiger partial charge in [0.05, 0.1) is 0 Å². The van der Waals surface area contributed by atoms with Gasteiger partial charge in [0.25, 0.3) is 0 Å². The molecule has 1 aromatic carbocycles. The maximum atomic E-state index is 14.2. The van der Waals surface area contributed by atoms with Gasteiger partial charge in [-0.05, 0) is 37.8 Å². The number of halogens is 2. The van der Waals surface area contributed by atoms with E-state index in [1.165, 1.54) is 13.0 Å². The second kappa shape index (κ2) is 4.40. The van der Waals surface area contributed by atoms with Crippen molar-refractivity contribution in [1.82, 2.24) is 9.78 Å². The van der Waals surface area contributed by atoms with E-state index in [-0.39, 0.29) is 11.4 Å². The second-order valence-electron chi connectivity index (χ2n) is 4.87. The van der Waals surface area contributed by atoms with Gasteiger partial charge in [-0.25, -0.2) is 18.3 Å². The van der Waals surface area contributed by atoms with Crippen LogP contribution in [-0.4, -0.2) is 20.9 Å². The quantitative estimate of drug-likeness (QED) is 0.918. The third kappa shape index (κ3) is 1.71. The Kier molecular flexibility index (Phi) is 2.81. The molecule has 0 saturated carbocycles. The number of hydrogen-bond donors (Lipinski definition) is 1. The third-order valence-electron chi connectivity index (χ3n) is 3.60. The molecule has 1 N–H and O–H groups in total. The Balaban J connectivity index is 2.29. The Labute approximate surface area is 113 Å². The van der Waals surface area contributed by atoms with Gasteiger partial charge in [-0.1, -0.05) is 6.07 Å². The van der Waals surface area contributed by atoms with Crippen LogP contribution in [0.15, 0.2) is 12.1 Å². The zero-order valence-corrected chi connectivity index (χ0v) is 10.8. The van der Waals surface area contributed by atoms with Crippen LogP contribution < -0.4 is 0 Å². The van der Waals surface area contributed by atoms with E-state index in [9.17, 15) is 13.6 Å².